The number of benzene rings is 3. The minimum absolute atomic E-state index is 0.171. The first-order valence-corrected chi connectivity index (χ1v) is 11.2. The first-order valence-electron chi connectivity index (χ1n) is 11.2. The molecule has 0 spiro atoms. The molecule has 162 valence electrons. The highest BCUT2D eigenvalue weighted by atomic mass is 15.4. The zero-order valence-corrected chi connectivity index (χ0v) is 18.9. The lowest BCUT2D eigenvalue weighted by molar-refractivity contribution is 0.571. The van der Waals surface area contributed by atoms with Gasteiger partial charge >= 0.3 is 0 Å². The second-order valence-electron chi connectivity index (χ2n) is 8.75. The number of aromatic nitrogens is 4. The minimum atomic E-state index is -0.171. The Balaban J connectivity index is 1.58. The number of fused-ring (bicyclic) bond motifs is 3. The number of anilines is 1. The Morgan fingerprint density at radius 2 is 1.55 bits per heavy atom. The van der Waals surface area contributed by atoms with Gasteiger partial charge in [0.2, 0.25) is 0 Å². The highest BCUT2D eigenvalue weighted by molar-refractivity contribution is 5.82. The largest absolute Gasteiger partial charge is 0.359 e. The molecule has 1 aliphatic heterocycles. The summed E-state index contributed by atoms with van der Waals surface area (Å²) < 4.78 is 4.07. The van der Waals surface area contributed by atoms with Crippen LogP contribution in [0.25, 0.3) is 28.2 Å². The maximum Gasteiger partial charge on any atom is 0.151 e. The van der Waals surface area contributed by atoms with Crippen molar-refractivity contribution in [3.8, 4) is 28.2 Å². The molecule has 0 aliphatic carbocycles. The molecule has 5 aromatic rings. The zero-order chi connectivity index (χ0) is 22.5. The lowest BCUT2D eigenvalue weighted by Crippen LogP contribution is -2.26. The average molecular weight is 432 g/mol. The summed E-state index contributed by atoms with van der Waals surface area (Å²) >= 11 is 0. The van der Waals surface area contributed by atoms with Gasteiger partial charge in [-0.2, -0.15) is 10.2 Å². The lowest BCUT2D eigenvalue weighted by Gasteiger charge is -2.30. The van der Waals surface area contributed by atoms with E-state index in [2.05, 4.69) is 91.6 Å². The summed E-state index contributed by atoms with van der Waals surface area (Å²) in [5.74, 6) is 0. The van der Waals surface area contributed by atoms with Crippen molar-refractivity contribution in [1.82, 2.24) is 19.6 Å². The van der Waals surface area contributed by atoms with Crippen molar-refractivity contribution >= 4 is 5.69 Å². The summed E-state index contributed by atoms with van der Waals surface area (Å²) in [4.78, 5) is 0. The van der Waals surface area contributed by atoms with Crippen LogP contribution in [0.15, 0.2) is 85.1 Å². The second-order valence-corrected chi connectivity index (χ2v) is 8.75. The van der Waals surface area contributed by atoms with Gasteiger partial charge in [0.15, 0.2) is 6.17 Å². The van der Waals surface area contributed by atoms with Gasteiger partial charge in [-0.25, -0.2) is 9.36 Å². The molecule has 1 atom stereocenters. The van der Waals surface area contributed by atoms with E-state index in [9.17, 15) is 0 Å². The maximum atomic E-state index is 5.03. The lowest BCUT2D eigenvalue weighted by atomic mass is 9.97. The van der Waals surface area contributed by atoms with E-state index >= 15 is 0 Å². The highest BCUT2D eigenvalue weighted by Crippen LogP contribution is 2.42. The molecule has 0 amide bonds. The van der Waals surface area contributed by atoms with Gasteiger partial charge in [0.25, 0.3) is 0 Å². The number of nitrogens with zero attached hydrogens (tertiary/aromatic N) is 4. The van der Waals surface area contributed by atoms with Crippen LogP contribution in [0.1, 0.15) is 28.6 Å². The van der Waals surface area contributed by atoms with Crippen LogP contribution in [-0.2, 0) is 0 Å². The van der Waals surface area contributed by atoms with Crippen molar-refractivity contribution in [1.29, 1.82) is 0 Å². The van der Waals surface area contributed by atoms with E-state index in [0.717, 1.165) is 39.6 Å². The van der Waals surface area contributed by atoms with Crippen molar-refractivity contribution in [3.05, 3.63) is 107 Å². The Morgan fingerprint density at radius 1 is 0.818 bits per heavy atom. The van der Waals surface area contributed by atoms with Crippen molar-refractivity contribution < 1.29 is 0 Å². The van der Waals surface area contributed by atoms with Gasteiger partial charge in [-0.05, 0) is 50.6 Å². The van der Waals surface area contributed by atoms with E-state index in [1.807, 2.05) is 28.9 Å². The predicted octanol–water partition coefficient (Wildman–Crippen LogP) is 6.30. The van der Waals surface area contributed by atoms with Crippen LogP contribution in [0, 0.1) is 20.8 Å². The molecule has 6 rings (SSSR count). The molecule has 0 saturated heterocycles. The predicted molar refractivity (Wildman–Crippen MR) is 133 cm³/mol. The maximum absolute atomic E-state index is 5.03. The Bertz CT molecular complexity index is 1460. The molecule has 2 aromatic heterocycles. The van der Waals surface area contributed by atoms with Gasteiger partial charge in [-0.1, -0.05) is 60.2 Å². The molecule has 5 heteroatoms. The summed E-state index contributed by atoms with van der Waals surface area (Å²) in [6, 6.07) is 27.3. The minimum Gasteiger partial charge on any atom is -0.359 e. The third kappa shape index (κ3) is 3.24. The van der Waals surface area contributed by atoms with E-state index in [1.54, 1.807) is 0 Å². The van der Waals surface area contributed by atoms with Crippen LogP contribution in [0.2, 0.25) is 0 Å². The summed E-state index contributed by atoms with van der Waals surface area (Å²) in [6.07, 6.45) is 1.96. The average Bonchev–Trinajstić information content (AvgIpc) is 3.44. The molecular weight excluding hydrogens is 406 g/mol. The normalized spacial score (nSPS) is 14.5. The van der Waals surface area contributed by atoms with E-state index < -0.39 is 0 Å². The van der Waals surface area contributed by atoms with Crippen molar-refractivity contribution in [2.45, 2.75) is 26.9 Å². The summed E-state index contributed by atoms with van der Waals surface area (Å²) in [7, 11) is 0. The van der Waals surface area contributed by atoms with E-state index in [1.165, 1.54) is 16.7 Å². The van der Waals surface area contributed by atoms with E-state index in [-0.39, 0.29) is 6.17 Å². The fourth-order valence-electron chi connectivity index (χ4n) is 4.80. The van der Waals surface area contributed by atoms with E-state index in [4.69, 9.17) is 10.2 Å². The summed E-state index contributed by atoms with van der Waals surface area (Å²) in [6.45, 7) is 6.36. The Morgan fingerprint density at radius 3 is 2.30 bits per heavy atom. The molecule has 33 heavy (non-hydrogen) atoms. The fraction of sp³-hybridized carbons (Fsp3) is 0.143. The number of para-hydroxylation sites is 1. The molecule has 1 N–H and O–H groups in total. The Labute approximate surface area is 193 Å². The molecule has 0 unspecified atom stereocenters. The molecular formula is C28H25N5. The molecule has 3 aromatic carbocycles. The standard InChI is InChI=1S/C28H25N5/c1-18-14-19(2)26-23(15-18)25-16-20(3)30-33(25)28(29-26)24-17-32(22-12-8-5-9-13-22)31-27(24)21-10-6-4-7-11-21/h4-17,28-29H,1-3H3/t28-/m0/s1. The fourth-order valence-corrected chi connectivity index (χ4v) is 4.80. The number of rotatable bonds is 3. The summed E-state index contributed by atoms with van der Waals surface area (Å²) in [5.41, 5.74) is 11.1. The first-order chi connectivity index (χ1) is 16.1. The molecule has 0 bridgehead atoms. The number of hydrogen-bond donors (Lipinski definition) is 1. The van der Waals surface area contributed by atoms with Crippen molar-refractivity contribution in [2.75, 3.05) is 5.32 Å². The third-order valence-corrected chi connectivity index (χ3v) is 6.24. The smallest absolute Gasteiger partial charge is 0.151 e. The van der Waals surface area contributed by atoms with Crippen molar-refractivity contribution in [3.63, 3.8) is 0 Å². The topological polar surface area (TPSA) is 47.7 Å². The van der Waals surface area contributed by atoms with Gasteiger partial charge in [-0.15, -0.1) is 0 Å². The van der Waals surface area contributed by atoms with E-state index in [0.29, 0.717) is 0 Å². The molecule has 1 aliphatic rings. The first kappa shape index (κ1) is 19.6. The van der Waals surface area contributed by atoms with Crippen LogP contribution in [0.5, 0.6) is 0 Å². The van der Waals surface area contributed by atoms with Gasteiger partial charge in [-0.3, -0.25) is 0 Å². The van der Waals surface area contributed by atoms with Crippen LogP contribution in [0.3, 0.4) is 0 Å². The third-order valence-electron chi connectivity index (χ3n) is 6.24. The quantitative estimate of drug-likeness (QED) is 0.365. The van der Waals surface area contributed by atoms with Gasteiger partial charge in [0, 0.05) is 28.6 Å². The Kier molecular flexibility index (Phi) is 4.44. The van der Waals surface area contributed by atoms with Gasteiger partial charge in [0.05, 0.1) is 22.8 Å². The SMILES string of the molecule is Cc1cc(C)c2c(c1)-c1cc(C)nn1[C@@H](c1cn(-c3ccccc3)nc1-c1ccccc1)N2. The summed E-state index contributed by atoms with van der Waals surface area (Å²) in [5, 5.41) is 13.7. The van der Waals surface area contributed by atoms with Crippen LogP contribution < -0.4 is 5.32 Å². The number of nitrogens with one attached hydrogen (secondary N) is 1. The monoisotopic (exact) mass is 431 g/mol. The van der Waals surface area contributed by atoms with Crippen LogP contribution in [0.4, 0.5) is 5.69 Å². The highest BCUT2D eigenvalue weighted by Gasteiger charge is 2.31. The second kappa shape index (κ2) is 7.48. The van der Waals surface area contributed by atoms with Gasteiger partial charge < -0.3 is 5.32 Å². The van der Waals surface area contributed by atoms with Crippen LogP contribution in [-0.4, -0.2) is 19.6 Å². The molecule has 0 fully saturated rings. The molecule has 0 radical (unpaired) electrons. The number of hydrogen-bond acceptors (Lipinski definition) is 3. The number of aryl methyl sites for hydroxylation is 3. The van der Waals surface area contributed by atoms with Crippen molar-refractivity contribution in [2.24, 2.45) is 0 Å². The van der Waals surface area contributed by atoms with Gasteiger partial charge in [0.1, 0.15) is 0 Å². The Hall–Kier alpha value is -4.12. The molecule has 5 nitrogen and oxygen atoms in total. The zero-order valence-electron chi connectivity index (χ0n) is 18.9. The molecule has 0 saturated carbocycles. The molecule has 3 heterocycles. The van der Waals surface area contributed by atoms with Crippen LogP contribution >= 0.6 is 0 Å².